The highest BCUT2D eigenvalue weighted by molar-refractivity contribution is 5.46. The van der Waals surface area contributed by atoms with Gasteiger partial charge in [-0.15, -0.1) is 0 Å². The maximum Gasteiger partial charge on any atom is 0.140 e. The van der Waals surface area contributed by atoms with Gasteiger partial charge in [-0.2, -0.15) is 5.26 Å². The van der Waals surface area contributed by atoms with Gasteiger partial charge < -0.3 is 9.64 Å². The molecule has 1 aromatic heterocycles. The maximum absolute atomic E-state index is 8.72. The summed E-state index contributed by atoms with van der Waals surface area (Å²) >= 11 is 0. The van der Waals surface area contributed by atoms with Gasteiger partial charge in [-0.1, -0.05) is 12.1 Å². The van der Waals surface area contributed by atoms with Crippen LogP contribution in [0.25, 0.3) is 0 Å². The highest BCUT2D eigenvalue weighted by atomic mass is 16.5. The lowest BCUT2D eigenvalue weighted by Crippen LogP contribution is -2.16. The van der Waals surface area contributed by atoms with E-state index in [0.29, 0.717) is 5.69 Å². The first-order valence-corrected chi connectivity index (χ1v) is 5.93. The Morgan fingerprint density at radius 2 is 2.16 bits per heavy atom. The number of nitrogens with zero attached hydrogens (tertiary/aromatic N) is 3. The Hall–Kier alpha value is -2.54. The number of hydrogen-bond donors (Lipinski definition) is 0. The summed E-state index contributed by atoms with van der Waals surface area (Å²) in [5.74, 6) is 0.851. The molecule has 0 N–H and O–H groups in total. The van der Waals surface area contributed by atoms with E-state index in [1.54, 1.807) is 19.4 Å². The third-order valence-electron chi connectivity index (χ3n) is 2.86. The first-order valence-electron chi connectivity index (χ1n) is 5.93. The fraction of sp³-hybridized carbons (Fsp3) is 0.200. The quantitative estimate of drug-likeness (QED) is 0.840. The van der Waals surface area contributed by atoms with Crippen LogP contribution in [0.1, 0.15) is 11.3 Å². The molecular weight excluding hydrogens is 238 g/mol. The number of hydrogen-bond acceptors (Lipinski definition) is 4. The molecule has 0 amide bonds. The van der Waals surface area contributed by atoms with Crippen molar-refractivity contribution in [3.8, 4) is 11.8 Å². The Kier molecular flexibility index (Phi) is 3.99. The molecule has 0 saturated carbocycles. The number of methoxy groups -OCH3 is 1. The summed E-state index contributed by atoms with van der Waals surface area (Å²) in [5, 5.41) is 8.72. The van der Waals surface area contributed by atoms with Gasteiger partial charge in [-0.3, -0.25) is 0 Å². The van der Waals surface area contributed by atoms with Gasteiger partial charge in [-0.05, 0) is 29.8 Å². The van der Waals surface area contributed by atoms with E-state index in [4.69, 9.17) is 10.00 Å². The maximum atomic E-state index is 8.72. The van der Waals surface area contributed by atoms with E-state index >= 15 is 0 Å². The lowest BCUT2D eigenvalue weighted by molar-refractivity contribution is 0.414. The lowest BCUT2D eigenvalue weighted by Gasteiger charge is -2.19. The number of aromatic nitrogens is 1. The van der Waals surface area contributed by atoms with Gasteiger partial charge in [0.2, 0.25) is 0 Å². The van der Waals surface area contributed by atoms with Crippen molar-refractivity contribution >= 4 is 5.69 Å². The van der Waals surface area contributed by atoms with Gasteiger partial charge in [0.05, 0.1) is 19.0 Å². The first-order chi connectivity index (χ1) is 9.22. The second kappa shape index (κ2) is 5.87. The minimum atomic E-state index is 0.429. The Bertz CT molecular complexity index is 587. The molecule has 0 aliphatic heterocycles. The first kappa shape index (κ1) is 12.9. The van der Waals surface area contributed by atoms with Gasteiger partial charge in [0.1, 0.15) is 17.5 Å². The van der Waals surface area contributed by atoms with Gasteiger partial charge in [0.15, 0.2) is 0 Å². The summed E-state index contributed by atoms with van der Waals surface area (Å²) in [6.45, 7) is 0.755. The summed E-state index contributed by atoms with van der Waals surface area (Å²) in [4.78, 5) is 6.14. The van der Waals surface area contributed by atoms with Crippen LogP contribution >= 0.6 is 0 Å². The van der Waals surface area contributed by atoms with Gasteiger partial charge in [-0.25, -0.2) is 4.98 Å². The standard InChI is InChI=1S/C15H15N3O/c1-18(14-7-6-13(9-16)17-10-14)11-12-4-3-5-15(8-12)19-2/h3-8,10H,11H2,1-2H3. The predicted octanol–water partition coefficient (Wildman–Crippen LogP) is 2.60. The average Bonchev–Trinajstić information content (AvgIpc) is 2.47. The Morgan fingerprint density at radius 1 is 1.32 bits per heavy atom. The molecule has 0 radical (unpaired) electrons. The Balaban J connectivity index is 2.11. The van der Waals surface area contributed by atoms with Crippen LogP contribution in [-0.2, 0) is 6.54 Å². The van der Waals surface area contributed by atoms with Crippen LogP contribution in [0.2, 0.25) is 0 Å². The van der Waals surface area contributed by atoms with E-state index in [9.17, 15) is 0 Å². The van der Waals surface area contributed by atoms with Crippen molar-refractivity contribution < 1.29 is 4.74 Å². The summed E-state index contributed by atoms with van der Waals surface area (Å²) in [6, 6.07) is 13.6. The molecule has 0 unspecified atom stereocenters. The molecule has 0 atom stereocenters. The summed E-state index contributed by atoms with van der Waals surface area (Å²) in [6.07, 6.45) is 1.71. The van der Waals surface area contributed by atoms with E-state index in [-0.39, 0.29) is 0 Å². The van der Waals surface area contributed by atoms with Crippen LogP contribution in [0.4, 0.5) is 5.69 Å². The highest BCUT2D eigenvalue weighted by Gasteiger charge is 2.04. The van der Waals surface area contributed by atoms with Crippen molar-refractivity contribution in [2.75, 3.05) is 19.1 Å². The topological polar surface area (TPSA) is 49.1 Å². The van der Waals surface area contributed by atoms with Gasteiger partial charge in [0.25, 0.3) is 0 Å². The SMILES string of the molecule is COc1cccc(CN(C)c2ccc(C#N)nc2)c1. The minimum absolute atomic E-state index is 0.429. The minimum Gasteiger partial charge on any atom is -0.497 e. The van der Waals surface area contributed by atoms with E-state index in [2.05, 4.69) is 16.0 Å². The number of ether oxygens (including phenoxy) is 1. The molecular formula is C15H15N3O. The van der Waals surface area contributed by atoms with Crippen molar-refractivity contribution in [1.82, 2.24) is 4.98 Å². The number of anilines is 1. The van der Waals surface area contributed by atoms with Crippen molar-refractivity contribution in [3.63, 3.8) is 0 Å². The van der Waals surface area contributed by atoms with Crippen molar-refractivity contribution in [2.24, 2.45) is 0 Å². The molecule has 2 rings (SSSR count). The van der Waals surface area contributed by atoms with Crippen LogP contribution < -0.4 is 9.64 Å². The zero-order chi connectivity index (χ0) is 13.7. The van der Waals surface area contributed by atoms with Crippen LogP contribution in [0.5, 0.6) is 5.75 Å². The molecule has 0 bridgehead atoms. The molecule has 2 aromatic rings. The third kappa shape index (κ3) is 3.23. The van der Waals surface area contributed by atoms with Crippen LogP contribution in [0.15, 0.2) is 42.6 Å². The zero-order valence-electron chi connectivity index (χ0n) is 11.0. The molecule has 1 aromatic carbocycles. The molecule has 4 heteroatoms. The van der Waals surface area contributed by atoms with E-state index in [0.717, 1.165) is 23.5 Å². The van der Waals surface area contributed by atoms with Crippen molar-refractivity contribution in [1.29, 1.82) is 5.26 Å². The third-order valence-corrected chi connectivity index (χ3v) is 2.86. The van der Waals surface area contributed by atoms with Gasteiger partial charge >= 0.3 is 0 Å². The van der Waals surface area contributed by atoms with Crippen LogP contribution in [0.3, 0.4) is 0 Å². The average molecular weight is 253 g/mol. The largest absolute Gasteiger partial charge is 0.497 e. The van der Waals surface area contributed by atoms with Gasteiger partial charge in [0, 0.05) is 13.6 Å². The van der Waals surface area contributed by atoms with E-state index < -0.39 is 0 Å². The molecule has 1 heterocycles. The zero-order valence-corrected chi connectivity index (χ0v) is 11.0. The fourth-order valence-electron chi connectivity index (χ4n) is 1.81. The highest BCUT2D eigenvalue weighted by Crippen LogP contribution is 2.17. The van der Waals surface area contributed by atoms with Crippen LogP contribution in [0, 0.1) is 11.3 Å². The second-order valence-electron chi connectivity index (χ2n) is 4.22. The molecule has 0 spiro atoms. The molecule has 0 saturated heterocycles. The number of rotatable bonds is 4. The molecule has 19 heavy (non-hydrogen) atoms. The number of nitriles is 1. The van der Waals surface area contributed by atoms with Crippen LogP contribution in [-0.4, -0.2) is 19.1 Å². The predicted molar refractivity (Wildman–Crippen MR) is 74.1 cm³/mol. The number of benzene rings is 1. The fourth-order valence-corrected chi connectivity index (χ4v) is 1.81. The normalized spacial score (nSPS) is 9.74. The summed E-state index contributed by atoms with van der Waals surface area (Å²) in [5.41, 5.74) is 2.56. The summed E-state index contributed by atoms with van der Waals surface area (Å²) < 4.78 is 5.21. The smallest absolute Gasteiger partial charge is 0.140 e. The van der Waals surface area contributed by atoms with E-state index in [1.165, 1.54) is 0 Å². The molecule has 0 aliphatic rings. The van der Waals surface area contributed by atoms with E-state index in [1.807, 2.05) is 37.4 Å². The second-order valence-corrected chi connectivity index (χ2v) is 4.22. The Labute approximate surface area is 112 Å². The van der Waals surface area contributed by atoms with Crippen molar-refractivity contribution in [2.45, 2.75) is 6.54 Å². The number of pyridine rings is 1. The monoisotopic (exact) mass is 253 g/mol. The lowest BCUT2D eigenvalue weighted by atomic mass is 10.2. The summed E-state index contributed by atoms with van der Waals surface area (Å²) in [7, 11) is 3.65. The molecule has 96 valence electrons. The molecule has 0 aliphatic carbocycles. The molecule has 4 nitrogen and oxygen atoms in total. The Morgan fingerprint density at radius 3 is 2.79 bits per heavy atom. The van der Waals surface area contributed by atoms with Crippen molar-refractivity contribution in [3.05, 3.63) is 53.9 Å². The molecule has 0 fully saturated rings.